The molecule has 4 rings (SSSR count). The van der Waals surface area contributed by atoms with E-state index in [1.807, 2.05) is 0 Å². The molecule has 0 aliphatic heterocycles. The van der Waals surface area contributed by atoms with Crippen molar-refractivity contribution in [1.82, 2.24) is 10.2 Å². The summed E-state index contributed by atoms with van der Waals surface area (Å²) in [6.45, 7) is 0.583. The van der Waals surface area contributed by atoms with Crippen molar-refractivity contribution >= 4 is 5.97 Å². The SMILES string of the molecule is O=C(O)c1c[nH]nc1OCCC1C2(CC2)C12CC2. The first kappa shape index (κ1) is 10.4. The second-order valence-corrected chi connectivity index (χ2v) is 5.91. The van der Waals surface area contributed by atoms with Crippen LogP contribution in [0.3, 0.4) is 0 Å². The third kappa shape index (κ3) is 1.17. The lowest BCUT2D eigenvalue weighted by Crippen LogP contribution is -2.04. The van der Waals surface area contributed by atoms with Gasteiger partial charge in [-0.2, -0.15) is 0 Å². The fraction of sp³-hybridized carbons (Fsp3) is 0.692. The van der Waals surface area contributed by atoms with Crippen LogP contribution in [0.25, 0.3) is 0 Å². The number of H-pyrrole nitrogens is 1. The van der Waals surface area contributed by atoms with Gasteiger partial charge in [-0.05, 0) is 48.9 Å². The van der Waals surface area contributed by atoms with Gasteiger partial charge < -0.3 is 9.84 Å². The van der Waals surface area contributed by atoms with Gasteiger partial charge in [0, 0.05) is 6.20 Å². The maximum atomic E-state index is 10.9. The summed E-state index contributed by atoms with van der Waals surface area (Å²) in [5.41, 5.74) is 1.50. The van der Waals surface area contributed by atoms with E-state index >= 15 is 0 Å². The summed E-state index contributed by atoms with van der Waals surface area (Å²) >= 11 is 0. The number of carbonyl (C=O) groups is 1. The molecule has 1 aromatic heterocycles. The first-order valence-corrected chi connectivity index (χ1v) is 6.59. The zero-order valence-corrected chi connectivity index (χ0v) is 10.1. The van der Waals surface area contributed by atoms with Crippen molar-refractivity contribution in [1.29, 1.82) is 0 Å². The van der Waals surface area contributed by atoms with Crippen molar-refractivity contribution < 1.29 is 14.6 Å². The summed E-state index contributed by atoms with van der Waals surface area (Å²) in [5.74, 6) is 0.0533. The van der Waals surface area contributed by atoms with E-state index in [0.717, 1.165) is 12.3 Å². The van der Waals surface area contributed by atoms with Crippen LogP contribution in [0, 0.1) is 16.7 Å². The molecule has 18 heavy (non-hydrogen) atoms. The van der Waals surface area contributed by atoms with Gasteiger partial charge >= 0.3 is 5.97 Å². The molecule has 3 aliphatic rings. The Hall–Kier alpha value is -1.52. The van der Waals surface area contributed by atoms with E-state index in [2.05, 4.69) is 10.2 Å². The summed E-state index contributed by atoms with van der Waals surface area (Å²) in [6.07, 6.45) is 8.02. The van der Waals surface area contributed by atoms with Crippen molar-refractivity contribution in [2.45, 2.75) is 32.1 Å². The van der Waals surface area contributed by atoms with Crippen LogP contribution < -0.4 is 4.74 Å². The topological polar surface area (TPSA) is 75.2 Å². The Morgan fingerprint density at radius 3 is 2.67 bits per heavy atom. The smallest absolute Gasteiger partial charge is 0.342 e. The van der Waals surface area contributed by atoms with Crippen LogP contribution in [0.4, 0.5) is 0 Å². The highest BCUT2D eigenvalue weighted by Crippen LogP contribution is 2.93. The van der Waals surface area contributed by atoms with Crippen LogP contribution >= 0.6 is 0 Å². The lowest BCUT2D eigenvalue weighted by molar-refractivity contribution is 0.0692. The Labute approximate surface area is 105 Å². The third-order valence-corrected chi connectivity index (χ3v) is 5.30. The molecule has 0 aromatic carbocycles. The van der Waals surface area contributed by atoms with Crippen molar-refractivity contribution in [3.8, 4) is 5.88 Å². The van der Waals surface area contributed by atoms with Gasteiger partial charge in [0.1, 0.15) is 5.56 Å². The molecule has 2 spiro atoms. The summed E-state index contributed by atoms with van der Waals surface area (Å²) in [5, 5.41) is 15.3. The Kier molecular flexibility index (Phi) is 1.78. The molecule has 0 saturated heterocycles. The molecule has 1 aromatic rings. The van der Waals surface area contributed by atoms with Crippen LogP contribution in [0.2, 0.25) is 0 Å². The van der Waals surface area contributed by atoms with E-state index in [9.17, 15) is 4.79 Å². The van der Waals surface area contributed by atoms with Crippen LogP contribution in [0.15, 0.2) is 6.20 Å². The number of hydrogen-bond donors (Lipinski definition) is 2. The number of rotatable bonds is 5. The molecule has 3 saturated carbocycles. The molecule has 3 aliphatic carbocycles. The number of carboxylic acid groups (broad SMARTS) is 1. The monoisotopic (exact) mass is 248 g/mol. The molecular formula is C13H16N2O3. The van der Waals surface area contributed by atoms with Gasteiger partial charge in [0.15, 0.2) is 0 Å². The molecule has 2 N–H and O–H groups in total. The van der Waals surface area contributed by atoms with Gasteiger partial charge in [0.05, 0.1) is 6.61 Å². The minimum atomic E-state index is -0.998. The third-order valence-electron chi connectivity index (χ3n) is 5.30. The summed E-state index contributed by atoms with van der Waals surface area (Å²) in [7, 11) is 0. The zero-order chi connectivity index (χ0) is 12.4. The molecule has 0 bridgehead atoms. The lowest BCUT2D eigenvalue weighted by Gasteiger charge is -2.03. The Morgan fingerprint density at radius 2 is 2.11 bits per heavy atom. The second kappa shape index (κ2) is 3.08. The van der Waals surface area contributed by atoms with Crippen molar-refractivity contribution in [2.24, 2.45) is 16.7 Å². The molecular weight excluding hydrogens is 232 g/mol. The Bertz CT molecular complexity index is 496. The Balaban J connectivity index is 1.34. The molecule has 5 nitrogen and oxygen atoms in total. The molecule has 5 heteroatoms. The van der Waals surface area contributed by atoms with E-state index in [1.54, 1.807) is 0 Å². The number of aromatic nitrogens is 2. The standard InChI is InChI=1S/C13H16N2O3/c16-11(17)8-7-14-15-10(8)18-6-1-9-12(2-3-12)13(9)4-5-13/h7,9H,1-6H2,(H,14,15)(H,16,17). The molecule has 1 heterocycles. The molecule has 0 unspecified atom stereocenters. The van der Waals surface area contributed by atoms with E-state index in [1.165, 1.54) is 31.9 Å². The van der Waals surface area contributed by atoms with E-state index in [4.69, 9.17) is 9.84 Å². The number of aromatic carboxylic acids is 1. The molecule has 3 fully saturated rings. The van der Waals surface area contributed by atoms with Crippen molar-refractivity contribution in [3.63, 3.8) is 0 Å². The number of hydrogen-bond acceptors (Lipinski definition) is 3. The predicted octanol–water partition coefficient (Wildman–Crippen LogP) is 2.07. The molecule has 0 atom stereocenters. The van der Waals surface area contributed by atoms with E-state index in [-0.39, 0.29) is 11.4 Å². The van der Waals surface area contributed by atoms with Gasteiger partial charge in [-0.15, -0.1) is 5.10 Å². The maximum Gasteiger partial charge on any atom is 0.342 e. The minimum Gasteiger partial charge on any atom is -0.477 e. The highest BCUT2D eigenvalue weighted by atomic mass is 16.5. The number of aromatic amines is 1. The summed E-state index contributed by atoms with van der Waals surface area (Å²) < 4.78 is 5.51. The van der Waals surface area contributed by atoms with Crippen LogP contribution in [-0.4, -0.2) is 27.9 Å². The normalized spacial score (nSPS) is 25.3. The van der Waals surface area contributed by atoms with Gasteiger partial charge in [0.25, 0.3) is 0 Å². The highest BCUT2D eigenvalue weighted by Gasteiger charge is 2.85. The maximum absolute atomic E-state index is 10.9. The van der Waals surface area contributed by atoms with E-state index < -0.39 is 5.97 Å². The second-order valence-electron chi connectivity index (χ2n) is 5.91. The van der Waals surface area contributed by atoms with Gasteiger partial charge in [-0.25, -0.2) is 4.79 Å². The fourth-order valence-electron chi connectivity index (χ4n) is 4.17. The largest absolute Gasteiger partial charge is 0.477 e. The number of ether oxygens (including phenoxy) is 1. The molecule has 0 amide bonds. The first-order valence-electron chi connectivity index (χ1n) is 6.59. The van der Waals surface area contributed by atoms with Crippen LogP contribution in [-0.2, 0) is 0 Å². The quantitative estimate of drug-likeness (QED) is 0.836. The Morgan fingerprint density at radius 1 is 1.44 bits per heavy atom. The average Bonchev–Trinajstić information content (AvgIpc) is 3.27. The number of fused-ring (bicyclic) bond motifs is 1. The van der Waals surface area contributed by atoms with Crippen molar-refractivity contribution in [2.75, 3.05) is 6.61 Å². The zero-order valence-electron chi connectivity index (χ0n) is 10.1. The summed E-state index contributed by atoms with van der Waals surface area (Å²) in [4.78, 5) is 10.9. The van der Waals surface area contributed by atoms with Gasteiger partial charge in [-0.3, -0.25) is 5.10 Å². The van der Waals surface area contributed by atoms with Gasteiger partial charge in [-0.1, -0.05) is 0 Å². The number of nitrogens with zero attached hydrogens (tertiary/aromatic N) is 1. The average molecular weight is 248 g/mol. The predicted molar refractivity (Wildman–Crippen MR) is 62.5 cm³/mol. The molecule has 96 valence electrons. The minimum absolute atomic E-state index is 0.119. The van der Waals surface area contributed by atoms with E-state index in [0.29, 0.717) is 17.4 Å². The first-order chi connectivity index (χ1) is 8.70. The fourth-order valence-corrected chi connectivity index (χ4v) is 4.17. The van der Waals surface area contributed by atoms with Crippen molar-refractivity contribution in [3.05, 3.63) is 11.8 Å². The van der Waals surface area contributed by atoms with Crippen LogP contribution in [0.5, 0.6) is 5.88 Å². The number of carboxylic acids is 1. The number of nitrogens with one attached hydrogen (secondary N) is 1. The molecule has 0 radical (unpaired) electrons. The van der Waals surface area contributed by atoms with Crippen LogP contribution in [0.1, 0.15) is 42.5 Å². The lowest BCUT2D eigenvalue weighted by atomic mass is 10.2. The summed E-state index contributed by atoms with van der Waals surface area (Å²) in [6, 6.07) is 0. The van der Waals surface area contributed by atoms with Gasteiger partial charge in [0.2, 0.25) is 5.88 Å². The highest BCUT2D eigenvalue weighted by molar-refractivity contribution is 5.89.